The molecule has 0 saturated carbocycles. The van der Waals surface area contributed by atoms with Crippen LogP contribution in [0.5, 0.6) is 0 Å². The van der Waals surface area contributed by atoms with Crippen LogP contribution in [0.2, 0.25) is 10.0 Å². The van der Waals surface area contributed by atoms with E-state index < -0.39 is 0 Å². The van der Waals surface area contributed by atoms with Gasteiger partial charge in [0.1, 0.15) is 0 Å². The summed E-state index contributed by atoms with van der Waals surface area (Å²) >= 11 is 12.1. The third-order valence-electron chi connectivity index (χ3n) is 5.60. The number of nitrogens with zero attached hydrogens (tertiary/aromatic N) is 3. The summed E-state index contributed by atoms with van der Waals surface area (Å²) in [6, 6.07) is 15.6. The molecule has 8 heteroatoms. The molecule has 1 unspecified atom stereocenters. The second-order valence-electron chi connectivity index (χ2n) is 7.96. The van der Waals surface area contributed by atoms with Crippen LogP contribution < -0.4 is 5.32 Å². The van der Waals surface area contributed by atoms with Gasteiger partial charge in [0.15, 0.2) is 0 Å². The average molecular weight is 473 g/mol. The summed E-state index contributed by atoms with van der Waals surface area (Å²) in [4.78, 5) is 14.9. The van der Waals surface area contributed by atoms with Crippen LogP contribution in [0.1, 0.15) is 16.8 Å². The summed E-state index contributed by atoms with van der Waals surface area (Å²) in [5, 5.41) is 8.57. The predicted octanol–water partition coefficient (Wildman–Crippen LogP) is 4.05. The van der Waals surface area contributed by atoms with Gasteiger partial charge in [0.05, 0.1) is 41.1 Å². The van der Waals surface area contributed by atoms with Gasteiger partial charge in [-0.2, -0.15) is 5.10 Å². The van der Waals surface area contributed by atoms with Gasteiger partial charge in [0.2, 0.25) is 5.91 Å². The highest BCUT2D eigenvalue weighted by Gasteiger charge is 2.22. The smallest absolute Gasteiger partial charge is 0.224 e. The highest BCUT2D eigenvalue weighted by atomic mass is 35.5. The molecular weight excluding hydrogens is 447 g/mol. The first kappa shape index (κ1) is 22.8. The summed E-state index contributed by atoms with van der Waals surface area (Å²) < 4.78 is 7.71. The largest absolute Gasteiger partial charge is 0.374 e. The lowest BCUT2D eigenvalue weighted by molar-refractivity contribution is -0.121. The first-order chi connectivity index (χ1) is 15.5. The van der Waals surface area contributed by atoms with Crippen molar-refractivity contribution in [1.82, 2.24) is 20.0 Å². The zero-order valence-electron chi connectivity index (χ0n) is 17.9. The van der Waals surface area contributed by atoms with Crippen molar-refractivity contribution in [3.05, 3.63) is 81.6 Å². The van der Waals surface area contributed by atoms with Crippen molar-refractivity contribution in [1.29, 1.82) is 0 Å². The van der Waals surface area contributed by atoms with E-state index in [1.165, 1.54) is 0 Å². The molecule has 1 aromatic heterocycles. The molecule has 1 saturated heterocycles. The van der Waals surface area contributed by atoms with E-state index in [1.54, 1.807) is 6.20 Å². The Morgan fingerprint density at radius 2 is 2.00 bits per heavy atom. The maximum Gasteiger partial charge on any atom is 0.224 e. The molecule has 0 spiro atoms. The van der Waals surface area contributed by atoms with Crippen LogP contribution >= 0.6 is 23.2 Å². The molecule has 168 valence electrons. The average Bonchev–Trinajstić information content (AvgIpc) is 3.16. The molecule has 0 aliphatic carbocycles. The minimum absolute atomic E-state index is 0.0362. The van der Waals surface area contributed by atoms with Crippen molar-refractivity contribution < 1.29 is 9.53 Å². The van der Waals surface area contributed by atoms with E-state index in [9.17, 15) is 4.79 Å². The lowest BCUT2D eigenvalue weighted by Gasteiger charge is -2.33. The number of halogens is 2. The van der Waals surface area contributed by atoms with Crippen molar-refractivity contribution in [3.63, 3.8) is 0 Å². The quantitative estimate of drug-likeness (QED) is 0.563. The van der Waals surface area contributed by atoms with Gasteiger partial charge in [-0.1, -0.05) is 47.5 Å². The number of aromatic nitrogens is 2. The molecule has 6 nitrogen and oxygen atoms in total. The van der Waals surface area contributed by atoms with Gasteiger partial charge in [-0.3, -0.25) is 9.69 Å². The van der Waals surface area contributed by atoms with Crippen LogP contribution in [0, 0.1) is 6.92 Å². The van der Waals surface area contributed by atoms with E-state index >= 15 is 0 Å². The Morgan fingerprint density at radius 3 is 2.78 bits per heavy atom. The van der Waals surface area contributed by atoms with Crippen LogP contribution in [0.3, 0.4) is 0 Å². The number of benzene rings is 2. The van der Waals surface area contributed by atoms with Gasteiger partial charge < -0.3 is 10.1 Å². The molecule has 3 aromatic rings. The third-order valence-corrected chi connectivity index (χ3v) is 6.34. The normalized spacial score (nSPS) is 16.8. The molecule has 4 rings (SSSR count). The number of nitrogens with one attached hydrogen (secondary N) is 1. The second kappa shape index (κ2) is 10.5. The van der Waals surface area contributed by atoms with Gasteiger partial charge >= 0.3 is 0 Å². The maximum atomic E-state index is 12.6. The van der Waals surface area contributed by atoms with Gasteiger partial charge in [0, 0.05) is 37.4 Å². The summed E-state index contributed by atoms with van der Waals surface area (Å²) in [6.45, 7) is 5.43. The highest BCUT2D eigenvalue weighted by Crippen LogP contribution is 2.23. The fraction of sp³-hybridized carbons (Fsp3) is 0.333. The Labute approximate surface area is 198 Å². The van der Waals surface area contributed by atoms with Crippen molar-refractivity contribution >= 4 is 29.1 Å². The standard InChI is InChI=1S/C24H26Cl2N4O2/c1-17-19(13-28-30(17)20-5-3-2-4-6-20)12-24(31)27-14-21-16-29(9-10-32-21)15-18-7-8-22(25)23(26)11-18/h2-8,11,13,21H,9-10,12,14-16H2,1H3,(H,27,31). The van der Waals surface area contributed by atoms with Gasteiger partial charge in [-0.05, 0) is 36.8 Å². The lowest BCUT2D eigenvalue weighted by atomic mass is 10.1. The predicted molar refractivity (Wildman–Crippen MR) is 126 cm³/mol. The van der Waals surface area contributed by atoms with E-state index in [-0.39, 0.29) is 12.0 Å². The zero-order valence-corrected chi connectivity index (χ0v) is 19.4. The molecule has 32 heavy (non-hydrogen) atoms. The topological polar surface area (TPSA) is 59.4 Å². The van der Waals surface area contributed by atoms with E-state index in [0.717, 1.165) is 42.1 Å². The maximum absolute atomic E-state index is 12.6. The van der Waals surface area contributed by atoms with E-state index in [1.807, 2.05) is 60.1 Å². The molecule has 1 N–H and O–H groups in total. The van der Waals surface area contributed by atoms with Crippen LogP contribution in [0.25, 0.3) is 5.69 Å². The Hall–Kier alpha value is -2.38. The minimum atomic E-state index is -0.0522. The molecular formula is C24H26Cl2N4O2. The first-order valence-corrected chi connectivity index (χ1v) is 11.4. The van der Waals surface area contributed by atoms with Gasteiger partial charge in [-0.25, -0.2) is 4.68 Å². The highest BCUT2D eigenvalue weighted by molar-refractivity contribution is 6.42. The van der Waals surface area contributed by atoms with Crippen molar-refractivity contribution in [2.24, 2.45) is 0 Å². The number of rotatable bonds is 7. The fourth-order valence-electron chi connectivity index (χ4n) is 3.85. The molecule has 1 atom stereocenters. The van der Waals surface area contributed by atoms with Crippen molar-refractivity contribution in [3.8, 4) is 5.69 Å². The molecule has 1 aliphatic heterocycles. The fourth-order valence-corrected chi connectivity index (χ4v) is 4.17. The summed E-state index contributed by atoms with van der Waals surface area (Å²) in [5.41, 5.74) is 3.97. The van der Waals surface area contributed by atoms with Crippen molar-refractivity contribution in [2.75, 3.05) is 26.2 Å². The molecule has 0 bridgehead atoms. The molecule has 1 amide bonds. The SMILES string of the molecule is Cc1c(CC(=O)NCC2CN(Cc3ccc(Cl)c(Cl)c3)CCO2)cnn1-c1ccccc1. The summed E-state index contributed by atoms with van der Waals surface area (Å²) in [5.74, 6) is -0.0362. The van der Waals surface area contributed by atoms with E-state index in [2.05, 4.69) is 15.3 Å². The van der Waals surface area contributed by atoms with Crippen molar-refractivity contribution in [2.45, 2.75) is 26.0 Å². The van der Waals surface area contributed by atoms with Gasteiger partial charge in [-0.15, -0.1) is 0 Å². The van der Waals surface area contributed by atoms with Crippen LogP contribution in [0.4, 0.5) is 0 Å². The molecule has 1 fully saturated rings. The number of carbonyl (C=O) groups excluding carboxylic acids is 1. The second-order valence-corrected chi connectivity index (χ2v) is 8.77. The van der Waals surface area contributed by atoms with E-state index in [0.29, 0.717) is 29.6 Å². The van der Waals surface area contributed by atoms with E-state index in [4.69, 9.17) is 27.9 Å². The number of morpholine rings is 1. The Bertz CT molecular complexity index is 1070. The van der Waals surface area contributed by atoms with Crippen LogP contribution in [-0.4, -0.2) is 52.9 Å². The summed E-state index contributed by atoms with van der Waals surface area (Å²) in [7, 11) is 0. The molecule has 2 aromatic carbocycles. The Kier molecular flexibility index (Phi) is 7.48. The summed E-state index contributed by atoms with van der Waals surface area (Å²) in [6.07, 6.45) is 2.00. The number of hydrogen-bond acceptors (Lipinski definition) is 4. The monoisotopic (exact) mass is 472 g/mol. The number of amides is 1. The van der Waals surface area contributed by atoms with Crippen LogP contribution in [-0.2, 0) is 22.5 Å². The first-order valence-electron chi connectivity index (χ1n) is 10.6. The Balaban J connectivity index is 1.27. The minimum Gasteiger partial charge on any atom is -0.374 e. The third kappa shape index (κ3) is 5.70. The number of para-hydroxylation sites is 1. The van der Waals surface area contributed by atoms with Crippen LogP contribution in [0.15, 0.2) is 54.7 Å². The Morgan fingerprint density at radius 1 is 1.19 bits per heavy atom. The number of hydrogen-bond donors (Lipinski definition) is 1. The number of ether oxygens (including phenoxy) is 1. The molecule has 0 radical (unpaired) electrons. The zero-order chi connectivity index (χ0) is 22.5. The number of carbonyl (C=O) groups is 1. The lowest BCUT2D eigenvalue weighted by Crippen LogP contribution is -2.47. The molecule has 2 heterocycles. The van der Waals surface area contributed by atoms with Gasteiger partial charge in [0.25, 0.3) is 0 Å². The molecule has 1 aliphatic rings.